The monoisotopic (exact) mass is 311 g/mol. The average Bonchev–Trinajstić information content (AvgIpc) is 2.99. The molecule has 0 aliphatic rings. The van der Waals surface area contributed by atoms with Gasteiger partial charge in [-0.25, -0.2) is 4.39 Å². The van der Waals surface area contributed by atoms with E-state index in [9.17, 15) is 9.18 Å². The normalized spacial score (nSPS) is 13.9. The smallest absolute Gasteiger partial charge is 0.221 e. The van der Waals surface area contributed by atoms with E-state index in [4.69, 9.17) is 0 Å². The lowest BCUT2D eigenvalue weighted by Gasteiger charge is -2.20. The Morgan fingerprint density at radius 2 is 1.87 bits per heavy atom. The Hall–Kier alpha value is -2.46. The van der Waals surface area contributed by atoms with Crippen molar-refractivity contribution < 1.29 is 14.1 Å². The number of aromatic amines is 1. The van der Waals surface area contributed by atoms with Crippen LogP contribution in [0.25, 0.3) is 10.9 Å². The lowest BCUT2D eigenvalue weighted by atomic mass is 10.0. The third-order valence-corrected chi connectivity index (χ3v) is 4.41. The number of hydrogen-bond donors (Lipinski definition) is 2. The summed E-state index contributed by atoms with van der Waals surface area (Å²) < 4.78 is 13.8. The molecule has 4 heteroatoms. The number of H-pyrrole nitrogens is 1. The van der Waals surface area contributed by atoms with E-state index in [2.05, 4.69) is 4.98 Å². The second-order valence-electron chi connectivity index (χ2n) is 5.95. The summed E-state index contributed by atoms with van der Waals surface area (Å²) in [5.74, 6) is -0.158. The summed E-state index contributed by atoms with van der Waals surface area (Å²) in [6.45, 7) is 2.36. The van der Waals surface area contributed by atoms with E-state index in [-0.39, 0.29) is 17.6 Å². The molecule has 1 aromatic heterocycles. The van der Waals surface area contributed by atoms with Crippen molar-refractivity contribution in [2.75, 3.05) is 7.05 Å². The third kappa shape index (κ3) is 3.03. The number of carbonyl (C=O) groups excluding carboxylic acids is 1. The molecule has 1 unspecified atom stereocenters. The van der Waals surface area contributed by atoms with Crippen LogP contribution in [0.4, 0.5) is 4.39 Å². The number of fused-ring (bicyclic) bond motifs is 1. The molecule has 0 amide bonds. The van der Waals surface area contributed by atoms with Crippen molar-refractivity contribution >= 4 is 16.7 Å². The minimum Gasteiger partial charge on any atom is -0.360 e. The van der Waals surface area contributed by atoms with Gasteiger partial charge >= 0.3 is 0 Å². The highest BCUT2D eigenvalue weighted by Gasteiger charge is 2.26. The van der Waals surface area contributed by atoms with Crippen LogP contribution in [-0.2, 0) is 6.54 Å². The first-order chi connectivity index (χ1) is 11.1. The molecule has 1 heterocycles. The molecule has 118 valence electrons. The molecule has 2 N–H and O–H groups in total. The number of quaternary nitrogens is 1. The highest BCUT2D eigenvalue weighted by molar-refractivity contribution is 6.09. The first-order valence-electron chi connectivity index (χ1n) is 7.74. The summed E-state index contributed by atoms with van der Waals surface area (Å²) in [4.78, 5) is 16.9. The van der Waals surface area contributed by atoms with Crippen LogP contribution in [0.5, 0.6) is 0 Å². The molecule has 3 nitrogen and oxygen atoms in total. The molecular weight excluding hydrogens is 291 g/mol. The maximum Gasteiger partial charge on any atom is 0.221 e. The highest BCUT2D eigenvalue weighted by Crippen LogP contribution is 2.18. The molecule has 23 heavy (non-hydrogen) atoms. The number of Topliss-reactive ketones (excluding diaryl/α,β-unsaturated/α-hetero) is 1. The quantitative estimate of drug-likeness (QED) is 0.698. The van der Waals surface area contributed by atoms with Gasteiger partial charge in [0.25, 0.3) is 0 Å². The van der Waals surface area contributed by atoms with Gasteiger partial charge in [0.1, 0.15) is 18.4 Å². The van der Waals surface area contributed by atoms with Crippen molar-refractivity contribution in [3.05, 3.63) is 71.7 Å². The summed E-state index contributed by atoms with van der Waals surface area (Å²) in [6.07, 6.45) is 1.76. The minimum atomic E-state index is -0.256. The van der Waals surface area contributed by atoms with Gasteiger partial charge in [-0.1, -0.05) is 36.4 Å². The predicted molar refractivity (Wildman–Crippen MR) is 89.1 cm³/mol. The molecule has 0 aliphatic heterocycles. The van der Waals surface area contributed by atoms with Crippen LogP contribution in [0.2, 0.25) is 0 Å². The SMILES string of the molecule is C[C@@H](C(=O)c1c[nH]c2ccccc12)[NH+](C)Cc1ccccc1F. The third-order valence-electron chi connectivity index (χ3n) is 4.41. The Morgan fingerprint density at radius 1 is 1.17 bits per heavy atom. The number of benzene rings is 2. The number of nitrogens with one attached hydrogen (secondary N) is 2. The van der Waals surface area contributed by atoms with Gasteiger partial charge in [-0.3, -0.25) is 4.79 Å². The zero-order valence-corrected chi connectivity index (χ0v) is 13.3. The molecule has 2 aromatic carbocycles. The summed E-state index contributed by atoms with van der Waals surface area (Å²) in [6, 6.07) is 14.2. The first kappa shape index (κ1) is 15.4. The van der Waals surface area contributed by atoms with Crippen molar-refractivity contribution in [3.63, 3.8) is 0 Å². The van der Waals surface area contributed by atoms with Crippen molar-refractivity contribution in [1.82, 2.24) is 4.98 Å². The molecule has 0 saturated heterocycles. The first-order valence-corrected chi connectivity index (χ1v) is 7.74. The molecule has 0 saturated carbocycles. The number of hydrogen-bond acceptors (Lipinski definition) is 1. The van der Waals surface area contributed by atoms with E-state index in [1.165, 1.54) is 6.07 Å². The van der Waals surface area contributed by atoms with Gasteiger partial charge in [-0.15, -0.1) is 0 Å². The van der Waals surface area contributed by atoms with Crippen LogP contribution in [0.3, 0.4) is 0 Å². The van der Waals surface area contributed by atoms with E-state index < -0.39 is 0 Å². The van der Waals surface area contributed by atoms with Crippen LogP contribution >= 0.6 is 0 Å². The highest BCUT2D eigenvalue weighted by atomic mass is 19.1. The van der Waals surface area contributed by atoms with Crippen LogP contribution < -0.4 is 4.90 Å². The molecule has 0 aliphatic carbocycles. The Morgan fingerprint density at radius 3 is 2.65 bits per heavy atom. The Balaban J connectivity index is 1.80. The Labute approximate surface area is 134 Å². The van der Waals surface area contributed by atoms with Gasteiger partial charge in [0.2, 0.25) is 5.78 Å². The van der Waals surface area contributed by atoms with E-state index in [1.807, 2.05) is 44.3 Å². The van der Waals surface area contributed by atoms with Gasteiger partial charge in [-0.2, -0.15) is 0 Å². The second-order valence-corrected chi connectivity index (χ2v) is 5.95. The number of likely N-dealkylation sites (N-methyl/N-ethyl adjacent to an activating group) is 1. The van der Waals surface area contributed by atoms with Gasteiger partial charge in [-0.05, 0) is 19.1 Å². The summed E-state index contributed by atoms with van der Waals surface area (Å²) in [5, 5.41) is 0.933. The van der Waals surface area contributed by atoms with E-state index in [0.717, 1.165) is 15.8 Å². The maximum absolute atomic E-state index is 13.8. The molecule has 3 rings (SSSR count). The van der Waals surface area contributed by atoms with Gasteiger partial charge in [0.05, 0.1) is 7.05 Å². The van der Waals surface area contributed by atoms with Crippen LogP contribution in [0, 0.1) is 5.82 Å². The Kier molecular flexibility index (Phi) is 4.26. The number of halogens is 1. The predicted octanol–water partition coefficient (Wildman–Crippen LogP) is 2.59. The van der Waals surface area contributed by atoms with Gasteiger partial charge in [0.15, 0.2) is 0 Å². The molecule has 2 atom stereocenters. The molecule has 0 radical (unpaired) electrons. The standard InChI is InChI=1S/C19H19FN2O/c1-13(22(2)12-14-7-3-5-9-17(14)20)19(23)16-11-21-18-10-6-4-8-15(16)18/h3-11,13,21H,12H2,1-2H3/p+1/t13-/m0/s1. The summed E-state index contributed by atoms with van der Waals surface area (Å²) in [7, 11) is 1.92. The van der Waals surface area contributed by atoms with Crippen molar-refractivity contribution in [3.8, 4) is 0 Å². The fourth-order valence-corrected chi connectivity index (χ4v) is 2.83. The van der Waals surface area contributed by atoms with Crippen LogP contribution in [-0.4, -0.2) is 23.9 Å². The lowest BCUT2D eigenvalue weighted by molar-refractivity contribution is -0.907. The van der Waals surface area contributed by atoms with Gasteiger partial charge < -0.3 is 9.88 Å². The number of carbonyl (C=O) groups is 1. The molecule has 0 fully saturated rings. The minimum absolute atomic E-state index is 0.0660. The average molecular weight is 311 g/mol. The lowest BCUT2D eigenvalue weighted by Crippen LogP contribution is -3.12. The molecule has 0 bridgehead atoms. The summed E-state index contributed by atoms with van der Waals surface area (Å²) >= 11 is 0. The summed E-state index contributed by atoms with van der Waals surface area (Å²) in [5.41, 5.74) is 2.28. The van der Waals surface area contributed by atoms with Crippen molar-refractivity contribution in [2.24, 2.45) is 0 Å². The zero-order chi connectivity index (χ0) is 16.4. The van der Waals surface area contributed by atoms with Crippen molar-refractivity contribution in [1.29, 1.82) is 0 Å². The number of para-hydroxylation sites is 1. The second kappa shape index (κ2) is 6.34. The molecule has 0 spiro atoms. The zero-order valence-electron chi connectivity index (χ0n) is 13.3. The van der Waals surface area contributed by atoms with Gasteiger partial charge in [0, 0.05) is 28.2 Å². The van der Waals surface area contributed by atoms with E-state index in [1.54, 1.807) is 18.3 Å². The van der Waals surface area contributed by atoms with Crippen LogP contribution in [0.1, 0.15) is 22.8 Å². The topological polar surface area (TPSA) is 37.3 Å². The van der Waals surface area contributed by atoms with Crippen LogP contribution in [0.15, 0.2) is 54.7 Å². The molecular formula is C19H20FN2O+. The number of aromatic nitrogens is 1. The van der Waals surface area contributed by atoms with E-state index in [0.29, 0.717) is 17.7 Å². The Bertz CT molecular complexity index is 840. The van der Waals surface area contributed by atoms with E-state index >= 15 is 0 Å². The fraction of sp³-hybridized carbons (Fsp3) is 0.211. The maximum atomic E-state index is 13.8. The number of ketones is 1. The fourth-order valence-electron chi connectivity index (χ4n) is 2.83. The van der Waals surface area contributed by atoms with Crippen molar-refractivity contribution in [2.45, 2.75) is 19.5 Å². The molecule has 3 aromatic rings. The largest absolute Gasteiger partial charge is 0.360 e. The number of rotatable bonds is 5.